The second-order valence-electron chi connectivity index (χ2n) is 6.72. The molecule has 1 aliphatic rings. The zero-order valence-electron chi connectivity index (χ0n) is 14.9. The van der Waals surface area contributed by atoms with Crippen LogP contribution in [-0.2, 0) is 6.54 Å². The Kier molecular flexibility index (Phi) is 4.06. The molecule has 1 saturated heterocycles. The first-order valence-corrected chi connectivity index (χ1v) is 9.09. The fourth-order valence-electron chi connectivity index (χ4n) is 3.62. The van der Waals surface area contributed by atoms with Crippen molar-refractivity contribution in [2.24, 2.45) is 0 Å². The van der Waals surface area contributed by atoms with Gasteiger partial charge in [-0.25, -0.2) is 9.97 Å². The number of imidazole rings is 1. The van der Waals surface area contributed by atoms with E-state index < -0.39 is 0 Å². The summed E-state index contributed by atoms with van der Waals surface area (Å²) in [4.78, 5) is 18.3. The number of anilines is 1. The van der Waals surface area contributed by atoms with E-state index in [-0.39, 0.29) is 0 Å². The number of aromatic nitrogens is 4. The van der Waals surface area contributed by atoms with Gasteiger partial charge in [0.15, 0.2) is 11.5 Å². The molecular weight excluding hydrogens is 340 g/mol. The largest absolute Gasteiger partial charge is 0.472 e. The lowest BCUT2D eigenvalue weighted by atomic mass is 10.2. The topological polar surface area (TPSA) is 62.7 Å². The second kappa shape index (κ2) is 6.85. The second-order valence-corrected chi connectivity index (χ2v) is 6.72. The number of hydrogen-bond donors (Lipinski definition) is 0. The standard InChI is InChI=1S/C20H20N6O/c1-2-17(12-21-4-1)18-13-23-20-19(22-5-6-26(18)20)25-9-7-24(8-10-25)14-16-3-11-27-15-16/h1-6,11-13,15H,7-10,14H2. The smallest absolute Gasteiger partial charge is 0.180 e. The Balaban J connectivity index is 1.37. The van der Waals surface area contributed by atoms with E-state index in [4.69, 9.17) is 4.42 Å². The Morgan fingerprint density at radius 1 is 1.00 bits per heavy atom. The Morgan fingerprint density at radius 2 is 1.93 bits per heavy atom. The molecule has 1 aliphatic heterocycles. The molecule has 0 amide bonds. The van der Waals surface area contributed by atoms with Gasteiger partial charge in [-0.3, -0.25) is 14.3 Å². The molecule has 0 unspecified atom stereocenters. The molecule has 0 radical (unpaired) electrons. The summed E-state index contributed by atoms with van der Waals surface area (Å²) < 4.78 is 7.27. The average Bonchev–Trinajstić information content (AvgIpc) is 3.39. The average molecular weight is 360 g/mol. The number of hydrogen-bond acceptors (Lipinski definition) is 6. The van der Waals surface area contributed by atoms with E-state index in [0.717, 1.165) is 55.4 Å². The van der Waals surface area contributed by atoms with Crippen molar-refractivity contribution < 1.29 is 4.42 Å². The Morgan fingerprint density at radius 3 is 2.70 bits per heavy atom. The third kappa shape index (κ3) is 3.06. The van der Waals surface area contributed by atoms with Gasteiger partial charge < -0.3 is 9.32 Å². The van der Waals surface area contributed by atoms with Crippen LogP contribution in [0.4, 0.5) is 5.82 Å². The molecule has 5 heterocycles. The molecule has 1 fully saturated rings. The summed E-state index contributed by atoms with van der Waals surface area (Å²) in [6, 6.07) is 6.01. The zero-order chi connectivity index (χ0) is 18.1. The van der Waals surface area contributed by atoms with Crippen LogP contribution in [0.3, 0.4) is 0 Å². The lowest BCUT2D eigenvalue weighted by Crippen LogP contribution is -2.46. The summed E-state index contributed by atoms with van der Waals surface area (Å²) in [5, 5.41) is 0. The van der Waals surface area contributed by atoms with Crippen LogP contribution in [0.25, 0.3) is 16.9 Å². The molecule has 5 rings (SSSR count). The van der Waals surface area contributed by atoms with E-state index in [0.29, 0.717) is 0 Å². The molecule has 0 saturated carbocycles. The summed E-state index contributed by atoms with van der Waals surface area (Å²) in [5.41, 5.74) is 4.19. The Labute approximate surface area is 156 Å². The zero-order valence-corrected chi connectivity index (χ0v) is 14.9. The molecule has 0 aromatic carbocycles. The van der Waals surface area contributed by atoms with Gasteiger partial charge in [-0.1, -0.05) is 0 Å². The van der Waals surface area contributed by atoms with E-state index in [2.05, 4.69) is 29.2 Å². The van der Waals surface area contributed by atoms with Crippen LogP contribution >= 0.6 is 0 Å². The number of fused-ring (bicyclic) bond motifs is 1. The lowest BCUT2D eigenvalue weighted by Gasteiger charge is -2.35. The quantitative estimate of drug-likeness (QED) is 0.558. The minimum Gasteiger partial charge on any atom is -0.472 e. The number of nitrogens with zero attached hydrogens (tertiary/aromatic N) is 6. The van der Waals surface area contributed by atoms with E-state index in [1.54, 1.807) is 12.5 Å². The molecule has 0 aliphatic carbocycles. The maximum Gasteiger partial charge on any atom is 0.180 e. The number of rotatable bonds is 4. The van der Waals surface area contributed by atoms with Crippen LogP contribution in [0, 0.1) is 0 Å². The Bertz CT molecular complexity index is 1020. The van der Waals surface area contributed by atoms with Crippen LogP contribution < -0.4 is 4.90 Å². The highest BCUT2D eigenvalue weighted by Gasteiger charge is 2.21. The SMILES string of the molecule is c1cncc(-c2cnc3c(N4CCN(Cc5ccoc5)CC4)nccn23)c1. The highest BCUT2D eigenvalue weighted by molar-refractivity contribution is 5.71. The minimum atomic E-state index is 0.889. The summed E-state index contributed by atoms with van der Waals surface area (Å²) in [5.74, 6) is 0.940. The van der Waals surface area contributed by atoms with Gasteiger partial charge in [-0.15, -0.1) is 0 Å². The molecule has 4 aromatic rings. The number of furan rings is 1. The van der Waals surface area contributed by atoms with Gasteiger partial charge >= 0.3 is 0 Å². The van der Waals surface area contributed by atoms with Crippen LogP contribution in [0.15, 0.2) is 66.1 Å². The molecule has 27 heavy (non-hydrogen) atoms. The monoisotopic (exact) mass is 360 g/mol. The van der Waals surface area contributed by atoms with Crippen LogP contribution in [0.5, 0.6) is 0 Å². The van der Waals surface area contributed by atoms with Crippen LogP contribution in [0.2, 0.25) is 0 Å². The summed E-state index contributed by atoms with van der Waals surface area (Å²) in [7, 11) is 0. The molecule has 7 heteroatoms. The summed E-state index contributed by atoms with van der Waals surface area (Å²) in [6.45, 7) is 4.77. The minimum absolute atomic E-state index is 0.889. The van der Waals surface area contributed by atoms with Crippen molar-refractivity contribution in [1.82, 2.24) is 24.3 Å². The number of piperazine rings is 1. The fourth-order valence-corrected chi connectivity index (χ4v) is 3.62. The van der Waals surface area contributed by atoms with Gasteiger partial charge in [0.1, 0.15) is 0 Å². The molecule has 136 valence electrons. The molecule has 0 N–H and O–H groups in total. The van der Waals surface area contributed by atoms with E-state index >= 15 is 0 Å². The third-order valence-electron chi connectivity index (χ3n) is 5.02. The maximum atomic E-state index is 5.17. The normalized spacial score (nSPS) is 15.5. The molecule has 7 nitrogen and oxygen atoms in total. The molecular formula is C20H20N6O. The van der Waals surface area contributed by atoms with Crippen molar-refractivity contribution in [2.45, 2.75) is 6.54 Å². The van der Waals surface area contributed by atoms with E-state index in [9.17, 15) is 0 Å². The first-order chi connectivity index (χ1) is 13.4. The van der Waals surface area contributed by atoms with Gasteiger partial charge in [0.05, 0.1) is 24.4 Å². The number of pyridine rings is 1. The first-order valence-electron chi connectivity index (χ1n) is 9.09. The first kappa shape index (κ1) is 16.0. The van der Waals surface area contributed by atoms with Gasteiger partial charge in [0, 0.05) is 68.6 Å². The summed E-state index contributed by atoms with van der Waals surface area (Å²) in [6.07, 6.45) is 12.9. The lowest BCUT2D eigenvalue weighted by molar-refractivity contribution is 0.249. The maximum absolute atomic E-state index is 5.17. The predicted molar refractivity (Wildman–Crippen MR) is 102 cm³/mol. The summed E-state index contributed by atoms with van der Waals surface area (Å²) >= 11 is 0. The molecule has 0 atom stereocenters. The van der Waals surface area contributed by atoms with E-state index in [1.165, 1.54) is 5.56 Å². The molecule has 0 bridgehead atoms. The van der Waals surface area contributed by atoms with E-state index in [1.807, 2.05) is 49.2 Å². The van der Waals surface area contributed by atoms with Gasteiger partial charge in [-0.2, -0.15) is 0 Å². The van der Waals surface area contributed by atoms with Crippen molar-refractivity contribution in [3.05, 3.63) is 67.3 Å². The molecule has 4 aromatic heterocycles. The highest BCUT2D eigenvalue weighted by atomic mass is 16.3. The van der Waals surface area contributed by atoms with Crippen LogP contribution in [0.1, 0.15) is 5.56 Å². The van der Waals surface area contributed by atoms with Crippen molar-refractivity contribution in [1.29, 1.82) is 0 Å². The van der Waals surface area contributed by atoms with Crippen molar-refractivity contribution in [3.63, 3.8) is 0 Å². The highest BCUT2D eigenvalue weighted by Crippen LogP contribution is 2.25. The van der Waals surface area contributed by atoms with Gasteiger partial charge in [0.25, 0.3) is 0 Å². The van der Waals surface area contributed by atoms with Crippen molar-refractivity contribution in [3.8, 4) is 11.3 Å². The van der Waals surface area contributed by atoms with Gasteiger partial charge in [-0.05, 0) is 18.2 Å². The molecule has 0 spiro atoms. The predicted octanol–water partition coefficient (Wildman–Crippen LogP) is 2.71. The fraction of sp³-hybridized carbons (Fsp3) is 0.250. The van der Waals surface area contributed by atoms with Crippen molar-refractivity contribution in [2.75, 3.05) is 31.1 Å². The third-order valence-corrected chi connectivity index (χ3v) is 5.02. The van der Waals surface area contributed by atoms with Crippen LogP contribution in [-0.4, -0.2) is 50.4 Å². The van der Waals surface area contributed by atoms with Crippen molar-refractivity contribution >= 4 is 11.5 Å². The Hall–Kier alpha value is -3.19. The van der Waals surface area contributed by atoms with Gasteiger partial charge in [0.2, 0.25) is 0 Å².